The van der Waals surface area contributed by atoms with E-state index in [4.69, 9.17) is 0 Å². The zero-order valence-electron chi connectivity index (χ0n) is 14.4. The molecule has 1 aromatic carbocycles. The molecule has 130 valence electrons. The first-order chi connectivity index (χ1) is 11.4. The summed E-state index contributed by atoms with van der Waals surface area (Å²) in [5, 5.41) is 9.63. The van der Waals surface area contributed by atoms with Crippen molar-refractivity contribution in [3.63, 3.8) is 0 Å². The molecule has 0 saturated heterocycles. The van der Waals surface area contributed by atoms with Crippen molar-refractivity contribution in [2.45, 2.75) is 57.4 Å². The molecule has 1 aromatic rings. The molecule has 5 nitrogen and oxygen atoms in total. The van der Waals surface area contributed by atoms with Crippen LogP contribution < -0.4 is 0 Å². The van der Waals surface area contributed by atoms with Gasteiger partial charge in [-0.05, 0) is 19.8 Å². The van der Waals surface area contributed by atoms with Crippen molar-refractivity contribution < 1.29 is 19.5 Å². The van der Waals surface area contributed by atoms with Gasteiger partial charge in [-0.3, -0.25) is 9.59 Å². The molecule has 0 heterocycles. The fourth-order valence-corrected chi connectivity index (χ4v) is 3.34. The average Bonchev–Trinajstić information content (AvgIpc) is 2.59. The maximum Gasteiger partial charge on any atom is 0.329 e. The summed E-state index contributed by atoms with van der Waals surface area (Å²) in [6.45, 7) is 1.95. The number of hydrogen-bond donors (Lipinski definition) is 1. The van der Waals surface area contributed by atoms with Gasteiger partial charge in [-0.2, -0.15) is 0 Å². The van der Waals surface area contributed by atoms with Gasteiger partial charge in [0.2, 0.25) is 5.91 Å². The van der Waals surface area contributed by atoms with E-state index in [0.717, 1.165) is 24.8 Å². The molecule has 0 bridgehead atoms. The van der Waals surface area contributed by atoms with Crippen LogP contribution in [0.15, 0.2) is 24.3 Å². The van der Waals surface area contributed by atoms with Gasteiger partial charge >= 0.3 is 5.97 Å². The van der Waals surface area contributed by atoms with Gasteiger partial charge < -0.3 is 10.0 Å². The predicted molar refractivity (Wildman–Crippen MR) is 91.0 cm³/mol. The lowest BCUT2D eigenvalue weighted by atomic mass is 9.80. The van der Waals surface area contributed by atoms with Crippen LogP contribution in [0.5, 0.6) is 0 Å². The van der Waals surface area contributed by atoms with E-state index in [9.17, 15) is 19.5 Å². The molecule has 1 fully saturated rings. The van der Waals surface area contributed by atoms with E-state index >= 15 is 0 Å². The van der Waals surface area contributed by atoms with Gasteiger partial charge in [0, 0.05) is 25.5 Å². The van der Waals surface area contributed by atoms with Crippen molar-refractivity contribution >= 4 is 17.7 Å². The van der Waals surface area contributed by atoms with Crippen LogP contribution >= 0.6 is 0 Å². The third-order valence-electron chi connectivity index (χ3n) is 5.03. The minimum Gasteiger partial charge on any atom is -0.479 e. The van der Waals surface area contributed by atoms with Crippen LogP contribution in [-0.2, 0) is 9.59 Å². The van der Waals surface area contributed by atoms with Gasteiger partial charge in [0.1, 0.15) is 5.54 Å². The summed E-state index contributed by atoms with van der Waals surface area (Å²) in [7, 11) is 1.55. The second-order valence-electron chi connectivity index (χ2n) is 6.64. The Kier molecular flexibility index (Phi) is 5.75. The average molecular weight is 331 g/mol. The quantitative estimate of drug-likeness (QED) is 0.812. The number of aryl methyl sites for hydroxylation is 1. The lowest BCUT2D eigenvalue weighted by Gasteiger charge is -2.41. The van der Waals surface area contributed by atoms with E-state index in [1.54, 1.807) is 19.2 Å². The number of carbonyl (C=O) groups excluding carboxylic acids is 2. The van der Waals surface area contributed by atoms with Gasteiger partial charge in [-0.15, -0.1) is 0 Å². The number of likely N-dealkylation sites (N-methyl/N-ethyl adjacent to an activating group) is 1. The van der Waals surface area contributed by atoms with Gasteiger partial charge in [0.25, 0.3) is 0 Å². The Hall–Kier alpha value is -2.17. The van der Waals surface area contributed by atoms with Crippen molar-refractivity contribution in [2.75, 3.05) is 7.05 Å². The fourth-order valence-electron chi connectivity index (χ4n) is 3.34. The van der Waals surface area contributed by atoms with E-state index in [1.807, 2.05) is 19.1 Å². The number of Topliss-reactive ketones (excluding diaryl/α,β-unsaturated/α-hetero) is 1. The maximum absolute atomic E-state index is 12.5. The number of ketones is 1. The normalized spacial score (nSPS) is 16.4. The molecule has 0 radical (unpaired) electrons. The van der Waals surface area contributed by atoms with Gasteiger partial charge in [0.05, 0.1) is 0 Å². The number of aliphatic carboxylic acids is 1. The molecule has 24 heavy (non-hydrogen) atoms. The molecule has 0 atom stereocenters. The van der Waals surface area contributed by atoms with E-state index in [2.05, 4.69) is 0 Å². The van der Waals surface area contributed by atoms with Crippen molar-refractivity contribution in [3.05, 3.63) is 35.4 Å². The van der Waals surface area contributed by atoms with Crippen LogP contribution in [0.4, 0.5) is 0 Å². The number of nitrogens with zero attached hydrogens (tertiary/aromatic N) is 1. The Morgan fingerprint density at radius 1 is 1.04 bits per heavy atom. The topological polar surface area (TPSA) is 74.7 Å². The highest BCUT2D eigenvalue weighted by atomic mass is 16.4. The molecule has 1 aliphatic carbocycles. The molecular weight excluding hydrogens is 306 g/mol. The monoisotopic (exact) mass is 331 g/mol. The van der Waals surface area contributed by atoms with Gasteiger partial charge in [-0.1, -0.05) is 49.1 Å². The minimum atomic E-state index is -1.11. The molecule has 0 aromatic heterocycles. The van der Waals surface area contributed by atoms with Crippen molar-refractivity contribution in [1.82, 2.24) is 4.90 Å². The Morgan fingerprint density at radius 2 is 1.62 bits per heavy atom. The molecule has 0 aliphatic heterocycles. The number of hydrogen-bond acceptors (Lipinski definition) is 3. The number of carboxylic acids is 1. The standard InChI is InChI=1S/C19H25NO4/c1-14-6-8-15(9-7-14)16(21)10-11-17(22)20(2)19(18(23)24)12-4-3-5-13-19/h6-9H,3-5,10-13H2,1-2H3,(H,23,24). The number of benzene rings is 1. The number of rotatable bonds is 6. The zero-order chi connectivity index (χ0) is 17.7. The minimum absolute atomic E-state index is 0.0399. The molecular formula is C19H25NO4. The lowest BCUT2D eigenvalue weighted by Crippen LogP contribution is -2.56. The number of carboxylic acid groups (broad SMARTS) is 1. The van der Waals surface area contributed by atoms with Gasteiger partial charge in [-0.25, -0.2) is 4.79 Å². The largest absolute Gasteiger partial charge is 0.479 e. The Morgan fingerprint density at radius 3 is 2.17 bits per heavy atom. The van der Waals surface area contributed by atoms with E-state index in [-0.39, 0.29) is 24.5 Å². The van der Waals surface area contributed by atoms with Crippen LogP contribution in [0.1, 0.15) is 60.9 Å². The summed E-state index contributed by atoms with van der Waals surface area (Å²) >= 11 is 0. The highest BCUT2D eigenvalue weighted by molar-refractivity contribution is 5.98. The summed E-state index contributed by atoms with van der Waals surface area (Å²) in [5.74, 6) is -1.31. The molecule has 1 N–H and O–H groups in total. The highest BCUT2D eigenvalue weighted by Crippen LogP contribution is 2.33. The SMILES string of the molecule is Cc1ccc(C(=O)CCC(=O)N(C)C2(C(=O)O)CCCCC2)cc1. The molecule has 1 saturated carbocycles. The second kappa shape index (κ2) is 7.60. The van der Waals surface area contributed by atoms with E-state index in [1.165, 1.54) is 4.90 Å². The van der Waals surface area contributed by atoms with Crippen LogP contribution in [-0.4, -0.2) is 40.3 Å². The zero-order valence-corrected chi connectivity index (χ0v) is 14.4. The summed E-state index contributed by atoms with van der Waals surface area (Å²) in [6, 6.07) is 7.24. The maximum atomic E-state index is 12.5. The summed E-state index contributed by atoms with van der Waals surface area (Å²) in [5.41, 5.74) is 0.548. The first-order valence-electron chi connectivity index (χ1n) is 8.47. The Bertz CT molecular complexity index is 615. The van der Waals surface area contributed by atoms with Crippen LogP contribution in [0.25, 0.3) is 0 Å². The molecule has 1 amide bonds. The Balaban J connectivity index is 1.99. The van der Waals surface area contributed by atoms with Crippen molar-refractivity contribution in [2.24, 2.45) is 0 Å². The number of carbonyl (C=O) groups is 3. The first-order valence-corrected chi connectivity index (χ1v) is 8.47. The van der Waals surface area contributed by atoms with Crippen molar-refractivity contribution in [1.29, 1.82) is 0 Å². The van der Waals surface area contributed by atoms with E-state index < -0.39 is 11.5 Å². The second-order valence-corrected chi connectivity index (χ2v) is 6.64. The fraction of sp³-hybridized carbons (Fsp3) is 0.526. The molecule has 1 aliphatic rings. The predicted octanol–water partition coefficient (Wildman–Crippen LogP) is 3.20. The van der Waals surface area contributed by atoms with E-state index in [0.29, 0.717) is 18.4 Å². The summed E-state index contributed by atoms with van der Waals surface area (Å²) in [6.07, 6.45) is 3.73. The third kappa shape index (κ3) is 3.83. The summed E-state index contributed by atoms with van der Waals surface area (Å²) < 4.78 is 0. The smallest absolute Gasteiger partial charge is 0.329 e. The highest BCUT2D eigenvalue weighted by Gasteiger charge is 2.45. The molecule has 0 unspecified atom stereocenters. The first kappa shape index (κ1) is 18.2. The molecule has 2 rings (SSSR count). The van der Waals surface area contributed by atoms with Crippen LogP contribution in [0.3, 0.4) is 0 Å². The Labute approximate surface area is 142 Å². The van der Waals surface area contributed by atoms with Crippen LogP contribution in [0.2, 0.25) is 0 Å². The van der Waals surface area contributed by atoms with Crippen LogP contribution in [0, 0.1) is 6.92 Å². The molecule has 0 spiro atoms. The molecule has 5 heteroatoms. The van der Waals surface area contributed by atoms with Gasteiger partial charge in [0.15, 0.2) is 5.78 Å². The lowest BCUT2D eigenvalue weighted by molar-refractivity contribution is -0.160. The third-order valence-corrected chi connectivity index (χ3v) is 5.03. The number of amides is 1. The van der Waals surface area contributed by atoms with Crippen molar-refractivity contribution in [3.8, 4) is 0 Å². The summed E-state index contributed by atoms with van der Waals surface area (Å²) in [4.78, 5) is 37.7.